The van der Waals surface area contributed by atoms with Gasteiger partial charge in [0.1, 0.15) is 0 Å². The van der Waals surface area contributed by atoms with Gasteiger partial charge in [0.2, 0.25) is 0 Å². The predicted octanol–water partition coefficient (Wildman–Crippen LogP) is 3.69. The van der Waals surface area contributed by atoms with Gasteiger partial charge in [0.25, 0.3) is 0 Å². The van der Waals surface area contributed by atoms with Gasteiger partial charge < -0.3 is 9.05 Å². The van der Waals surface area contributed by atoms with E-state index in [4.69, 9.17) is 9.05 Å². The molecule has 0 atom stereocenters. The lowest BCUT2D eigenvalue weighted by Crippen LogP contribution is -2.11. The van der Waals surface area contributed by atoms with E-state index >= 15 is 0 Å². The van der Waals surface area contributed by atoms with Crippen LogP contribution in [0.15, 0.2) is 9.15 Å². The molecule has 1 rings (SSSR count). The molecular formula is C11H18IO4P. The van der Waals surface area contributed by atoms with E-state index in [9.17, 15) is 9.36 Å². The summed E-state index contributed by atoms with van der Waals surface area (Å²) in [6, 6.07) is 0. The minimum Gasteiger partial charge on any atom is -0.309 e. The Morgan fingerprint density at radius 1 is 1.24 bits per heavy atom. The van der Waals surface area contributed by atoms with E-state index in [0.717, 1.165) is 18.4 Å². The van der Waals surface area contributed by atoms with Gasteiger partial charge in [0.05, 0.1) is 23.0 Å². The molecule has 0 unspecified atom stereocenters. The van der Waals surface area contributed by atoms with Crippen LogP contribution in [-0.2, 0) is 18.4 Å². The quantitative estimate of drug-likeness (QED) is 0.527. The topological polar surface area (TPSA) is 52.6 Å². The molecule has 0 fully saturated rings. The highest BCUT2D eigenvalue weighted by Gasteiger charge is 2.29. The molecule has 0 radical (unpaired) electrons. The van der Waals surface area contributed by atoms with Crippen LogP contribution in [0.3, 0.4) is 0 Å². The lowest BCUT2D eigenvalue weighted by Gasteiger charge is -2.21. The summed E-state index contributed by atoms with van der Waals surface area (Å²) >= 11 is 2.04. The first kappa shape index (κ1) is 15.3. The Kier molecular flexibility index (Phi) is 6.34. The van der Waals surface area contributed by atoms with Crippen molar-refractivity contribution >= 4 is 36.0 Å². The molecule has 0 saturated heterocycles. The van der Waals surface area contributed by atoms with E-state index in [2.05, 4.69) is 0 Å². The van der Waals surface area contributed by atoms with E-state index in [1.807, 2.05) is 22.6 Å². The summed E-state index contributed by atoms with van der Waals surface area (Å²) < 4.78 is 23.5. The molecule has 1 aliphatic carbocycles. The minimum atomic E-state index is -3.07. The predicted molar refractivity (Wildman–Crippen MR) is 75.6 cm³/mol. The highest BCUT2D eigenvalue weighted by Crippen LogP contribution is 2.51. The molecule has 4 nitrogen and oxygen atoms in total. The lowest BCUT2D eigenvalue weighted by atomic mass is 10.00. The van der Waals surface area contributed by atoms with Gasteiger partial charge in [-0.2, -0.15) is 0 Å². The molecule has 0 aromatic rings. The molecule has 0 bridgehead atoms. The van der Waals surface area contributed by atoms with Crippen LogP contribution < -0.4 is 0 Å². The fourth-order valence-electron chi connectivity index (χ4n) is 1.78. The number of hydrogen-bond acceptors (Lipinski definition) is 4. The Morgan fingerprint density at radius 3 is 2.35 bits per heavy atom. The summed E-state index contributed by atoms with van der Waals surface area (Å²) in [6.45, 7) is 4.29. The zero-order chi connectivity index (χ0) is 12.9. The minimum absolute atomic E-state index is 0.145. The first-order valence-electron chi connectivity index (χ1n) is 5.81. The third-order valence-corrected chi connectivity index (χ3v) is 5.91. The molecule has 0 N–H and O–H groups in total. The molecule has 0 aliphatic heterocycles. The second kappa shape index (κ2) is 7.02. The van der Waals surface area contributed by atoms with Crippen LogP contribution in [0, 0.1) is 0 Å². The summed E-state index contributed by atoms with van der Waals surface area (Å²) in [4.78, 5) is 11.6. The lowest BCUT2D eigenvalue weighted by molar-refractivity contribution is -0.115. The van der Waals surface area contributed by atoms with Crippen molar-refractivity contribution in [3.8, 4) is 0 Å². The Labute approximate surface area is 116 Å². The van der Waals surface area contributed by atoms with E-state index in [1.54, 1.807) is 13.8 Å². The number of rotatable bonds is 6. The summed E-state index contributed by atoms with van der Waals surface area (Å²) in [6.07, 6.45) is 2.49. The summed E-state index contributed by atoms with van der Waals surface area (Å²) in [5.41, 5.74) is 0.923. The summed E-state index contributed by atoms with van der Waals surface area (Å²) in [5, 5.41) is 0. The van der Waals surface area contributed by atoms with Crippen LogP contribution in [0.4, 0.5) is 0 Å². The van der Waals surface area contributed by atoms with E-state index in [0.29, 0.717) is 23.2 Å². The largest absolute Gasteiger partial charge is 0.334 e. The molecule has 98 valence electrons. The third kappa shape index (κ3) is 4.47. The molecule has 17 heavy (non-hydrogen) atoms. The van der Waals surface area contributed by atoms with Crippen LogP contribution in [-0.4, -0.2) is 25.2 Å². The Bertz CT molecular complexity index is 354. The van der Waals surface area contributed by atoms with Crippen molar-refractivity contribution in [2.45, 2.75) is 33.1 Å². The SMILES string of the molecule is CCOP(=O)(CC1=C(I)C(=O)CCC1)OCC. The number of halogens is 1. The zero-order valence-electron chi connectivity index (χ0n) is 10.2. The maximum absolute atomic E-state index is 12.3. The second-order valence-corrected chi connectivity index (χ2v) is 6.93. The van der Waals surface area contributed by atoms with Crippen LogP contribution in [0.5, 0.6) is 0 Å². The van der Waals surface area contributed by atoms with Crippen molar-refractivity contribution in [1.82, 2.24) is 0 Å². The van der Waals surface area contributed by atoms with Crippen molar-refractivity contribution < 1.29 is 18.4 Å². The molecule has 0 heterocycles. The molecule has 0 saturated carbocycles. The molecule has 0 aromatic carbocycles. The van der Waals surface area contributed by atoms with Gasteiger partial charge in [-0.15, -0.1) is 0 Å². The van der Waals surface area contributed by atoms with Gasteiger partial charge >= 0.3 is 7.60 Å². The summed E-state index contributed by atoms with van der Waals surface area (Å²) in [7, 11) is -3.07. The first-order valence-corrected chi connectivity index (χ1v) is 8.62. The number of hydrogen-bond donors (Lipinski definition) is 0. The number of carbonyl (C=O) groups is 1. The van der Waals surface area contributed by atoms with Crippen molar-refractivity contribution in [3.05, 3.63) is 9.15 Å². The number of ketones is 1. The molecule has 0 aromatic heterocycles. The molecule has 6 heteroatoms. The highest BCUT2D eigenvalue weighted by molar-refractivity contribution is 14.1. The number of carbonyl (C=O) groups excluding carboxylic acids is 1. The Balaban J connectivity index is 2.83. The van der Waals surface area contributed by atoms with Crippen molar-refractivity contribution in [2.75, 3.05) is 19.4 Å². The highest BCUT2D eigenvalue weighted by atomic mass is 127. The molecule has 0 amide bonds. The first-order chi connectivity index (χ1) is 8.02. The molecule has 0 spiro atoms. The van der Waals surface area contributed by atoms with Gasteiger partial charge in [-0.25, -0.2) is 0 Å². The fourth-order valence-corrected chi connectivity index (χ4v) is 4.64. The van der Waals surface area contributed by atoms with Crippen LogP contribution in [0.2, 0.25) is 0 Å². The van der Waals surface area contributed by atoms with Gasteiger partial charge in [-0.1, -0.05) is 0 Å². The normalized spacial score (nSPS) is 17.7. The Morgan fingerprint density at radius 2 is 1.82 bits per heavy atom. The average molecular weight is 372 g/mol. The molecular weight excluding hydrogens is 354 g/mol. The van der Waals surface area contributed by atoms with Crippen LogP contribution >= 0.6 is 30.2 Å². The monoisotopic (exact) mass is 372 g/mol. The van der Waals surface area contributed by atoms with Crippen molar-refractivity contribution in [2.24, 2.45) is 0 Å². The van der Waals surface area contributed by atoms with Gasteiger partial charge in [-0.05, 0) is 54.9 Å². The standard InChI is InChI=1S/C11H18IO4P/c1-3-15-17(14,16-4-2)8-9-6-5-7-10(13)11(9)12/h3-8H2,1-2H3. The maximum atomic E-state index is 12.3. The van der Waals surface area contributed by atoms with Crippen LogP contribution in [0.1, 0.15) is 33.1 Å². The fraction of sp³-hybridized carbons (Fsp3) is 0.727. The number of Topliss-reactive ketones (excluding diaryl/α,β-unsaturated/α-hetero) is 1. The molecule has 1 aliphatic rings. The Hall–Kier alpha value is 0.290. The van der Waals surface area contributed by atoms with Gasteiger partial charge in [0, 0.05) is 6.42 Å². The summed E-state index contributed by atoms with van der Waals surface area (Å²) in [5.74, 6) is 0.145. The number of allylic oxidation sites excluding steroid dienone is 2. The maximum Gasteiger partial charge on any atom is 0.334 e. The third-order valence-electron chi connectivity index (χ3n) is 2.47. The van der Waals surface area contributed by atoms with Crippen LogP contribution in [0.25, 0.3) is 0 Å². The van der Waals surface area contributed by atoms with Crippen molar-refractivity contribution in [1.29, 1.82) is 0 Å². The van der Waals surface area contributed by atoms with Crippen molar-refractivity contribution in [3.63, 3.8) is 0 Å². The van der Waals surface area contributed by atoms with E-state index < -0.39 is 7.60 Å². The zero-order valence-corrected chi connectivity index (χ0v) is 13.3. The second-order valence-electron chi connectivity index (χ2n) is 3.80. The van der Waals surface area contributed by atoms with E-state index in [-0.39, 0.29) is 11.9 Å². The van der Waals surface area contributed by atoms with Gasteiger partial charge in [-0.3, -0.25) is 9.36 Å². The van der Waals surface area contributed by atoms with E-state index in [1.165, 1.54) is 0 Å². The smallest absolute Gasteiger partial charge is 0.309 e. The average Bonchev–Trinajstić information content (AvgIpc) is 2.25. The van der Waals surface area contributed by atoms with Gasteiger partial charge in [0.15, 0.2) is 5.78 Å².